The van der Waals surface area contributed by atoms with E-state index < -0.39 is 5.97 Å². The number of hydrogen-bond donors (Lipinski definition) is 2. The summed E-state index contributed by atoms with van der Waals surface area (Å²) in [6, 6.07) is 7.24. The summed E-state index contributed by atoms with van der Waals surface area (Å²) in [5.41, 5.74) is 8.34. The van der Waals surface area contributed by atoms with Crippen molar-refractivity contribution in [1.29, 1.82) is 0 Å². The molecule has 2 rings (SSSR count). The number of aromatic carboxylic acids is 1. The van der Waals surface area contributed by atoms with E-state index in [4.69, 9.17) is 5.73 Å². The summed E-state index contributed by atoms with van der Waals surface area (Å²) in [7, 11) is 0. The first kappa shape index (κ1) is 12.5. The Morgan fingerprint density at radius 3 is 2.89 bits per heavy atom. The van der Waals surface area contributed by atoms with Crippen LogP contribution in [-0.4, -0.2) is 22.6 Å². The van der Waals surface area contributed by atoms with Crippen molar-refractivity contribution in [2.75, 3.05) is 6.54 Å². The molecule has 0 spiro atoms. The highest BCUT2D eigenvalue weighted by Gasteiger charge is 2.12. The van der Waals surface area contributed by atoms with Gasteiger partial charge in [0.15, 0.2) is 0 Å². The van der Waals surface area contributed by atoms with Crippen LogP contribution in [0.1, 0.15) is 28.0 Å². The van der Waals surface area contributed by atoms with Crippen LogP contribution < -0.4 is 5.73 Å². The molecule has 0 aliphatic heterocycles. The summed E-state index contributed by atoms with van der Waals surface area (Å²) in [5.74, 6) is -0.915. The number of aromatic nitrogens is 1. The summed E-state index contributed by atoms with van der Waals surface area (Å²) >= 11 is 0. The van der Waals surface area contributed by atoms with Gasteiger partial charge in [-0.3, -0.25) is 4.98 Å². The fraction of sp³-hybridized carbons (Fsp3) is 0.286. The lowest BCUT2D eigenvalue weighted by atomic mass is 10.0. The van der Waals surface area contributed by atoms with Crippen LogP contribution in [0.5, 0.6) is 0 Å². The number of rotatable bonds is 4. The summed E-state index contributed by atoms with van der Waals surface area (Å²) in [6.07, 6.45) is 1.52. The van der Waals surface area contributed by atoms with Crippen LogP contribution in [0.2, 0.25) is 0 Å². The average Bonchev–Trinajstić information content (AvgIpc) is 2.36. The van der Waals surface area contributed by atoms with Gasteiger partial charge < -0.3 is 10.8 Å². The number of hydrogen-bond acceptors (Lipinski definition) is 3. The zero-order valence-corrected chi connectivity index (χ0v) is 10.3. The van der Waals surface area contributed by atoms with E-state index in [2.05, 4.69) is 4.98 Å². The van der Waals surface area contributed by atoms with E-state index in [1.165, 1.54) is 0 Å². The van der Waals surface area contributed by atoms with Crippen molar-refractivity contribution in [3.63, 3.8) is 0 Å². The van der Waals surface area contributed by atoms with Crippen molar-refractivity contribution in [1.82, 2.24) is 4.98 Å². The average molecular weight is 244 g/mol. The van der Waals surface area contributed by atoms with Crippen molar-refractivity contribution in [2.45, 2.75) is 19.8 Å². The molecule has 18 heavy (non-hydrogen) atoms. The van der Waals surface area contributed by atoms with Gasteiger partial charge in [0.2, 0.25) is 0 Å². The summed E-state index contributed by atoms with van der Waals surface area (Å²) in [4.78, 5) is 15.8. The van der Waals surface area contributed by atoms with Gasteiger partial charge in [-0.25, -0.2) is 4.79 Å². The first-order chi connectivity index (χ1) is 8.63. The third kappa shape index (κ3) is 2.33. The highest BCUT2D eigenvalue weighted by Crippen LogP contribution is 2.22. The third-order valence-corrected chi connectivity index (χ3v) is 2.96. The molecule has 0 aliphatic rings. The number of nitrogens with two attached hydrogens (primary N) is 1. The first-order valence-corrected chi connectivity index (χ1v) is 5.96. The number of carbonyl (C=O) groups is 1. The molecular weight excluding hydrogens is 228 g/mol. The van der Waals surface area contributed by atoms with Crippen LogP contribution in [-0.2, 0) is 6.42 Å². The Morgan fingerprint density at radius 2 is 2.22 bits per heavy atom. The molecule has 1 heterocycles. The zero-order chi connectivity index (χ0) is 13.1. The fourth-order valence-corrected chi connectivity index (χ4v) is 2.03. The number of carboxylic acid groups (broad SMARTS) is 1. The van der Waals surface area contributed by atoms with E-state index in [9.17, 15) is 9.90 Å². The van der Waals surface area contributed by atoms with Crippen molar-refractivity contribution in [3.8, 4) is 0 Å². The van der Waals surface area contributed by atoms with Crippen LogP contribution in [0.4, 0.5) is 0 Å². The molecule has 0 saturated carbocycles. The van der Waals surface area contributed by atoms with Crippen molar-refractivity contribution in [2.24, 2.45) is 5.73 Å². The van der Waals surface area contributed by atoms with Gasteiger partial charge in [0.05, 0.1) is 11.1 Å². The lowest BCUT2D eigenvalue weighted by Crippen LogP contribution is -2.05. The summed E-state index contributed by atoms with van der Waals surface area (Å²) in [6.45, 7) is 2.52. The highest BCUT2D eigenvalue weighted by atomic mass is 16.4. The normalized spacial score (nSPS) is 10.8. The number of fused-ring (bicyclic) bond motifs is 1. The Hall–Kier alpha value is -1.94. The van der Waals surface area contributed by atoms with Gasteiger partial charge >= 0.3 is 5.97 Å². The molecule has 2 aromatic rings. The van der Waals surface area contributed by atoms with Gasteiger partial charge in [0, 0.05) is 11.1 Å². The molecule has 1 aromatic heterocycles. The minimum absolute atomic E-state index is 0.315. The topological polar surface area (TPSA) is 76.2 Å². The van der Waals surface area contributed by atoms with Gasteiger partial charge in [-0.05, 0) is 37.9 Å². The molecule has 0 saturated heterocycles. The Bertz CT molecular complexity index is 594. The molecule has 0 radical (unpaired) electrons. The number of nitrogens with zero attached hydrogens (tertiary/aromatic N) is 1. The van der Waals surface area contributed by atoms with E-state index in [-0.39, 0.29) is 0 Å². The molecule has 1 aromatic carbocycles. The molecule has 0 amide bonds. The molecule has 4 heteroatoms. The first-order valence-electron chi connectivity index (χ1n) is 5.96. The zero-order valence-electron chi connectivity index (χ0n) is 10.3. The van der Waals surface area contributed by atoms with Crippen LogP contribution in [0.25, 0.3) is 10.9 Å². The maximum atomic E-state index is 11.3. The fourth-order valence-electron chi connectivity index (χ4n) is 2.03. The van der Waals surface area contributed by atoms with E-state index >= 15 is 0 Å². The Balaban J connectivity index is 2.63. The predicted octanol–water partition coefficient (Wildman–Crippen LogP) is 2.13. The van der Waals surface area contributed by atoms with Gasteiger partial charge in [-0.1, -0.05) is 18.2 Å². The lowest BCUT2D eigenvalue weighted by Gasteiger charge is -2.08. The monoisotopic (exact) mass is 244 g/mol. The Labute approximate surface area is 105 Å². The maximum absolute atomic E-state index is 11.3. The summed E-state index contributed by atoms with van der Waals surface area (Å²) in [5, 5.41) is 9.96. The standard InChI is InChI=1S/C14H16N2O2/c1-9-4-2-6-11-12(14(17)18)8-10(5-3-7-15)16-13(9)11/h2,4,6,8H,3,5,7,15H2,1H3,(H,17,18). The smallest absolute Gasteiger partial charge is 0.336 e. The van der Waals surface area contributed by atoms with Crippen LogP contribution in [0.15, 0.2) is 24.3 Å². The van der Waals surface area contributed by atoms with E-state index in [1.54, 1.807) is 12.1 Å². The second-order valence-corrected chi connectivity index (χ2v) is 4.33. The number of aryl methyl sites for hydroxylation is 2. The van der Waals surface area contributed by atoms with Gasteiger partial charge in [-0.2, -0.15) is 0 Å². The summed E-state index contributed by atoms with van der Waals surface area (Å²) < 4.78 is 0. The molecule has 0 bridgehead atoms. The molecule has 94 valence electrons. The van der Waals surface area contributed by atoms with E-state index in [1.807, 2.05) is 19.1 Å². The molecule has 0 atom stereocenters. The molecule has 0 aliphatic carbocycles. The van der Waals surface area contributed by atoms with Crippen LogP contribution in [0.3, 0.4) is 0 Å². The van der Waals surface area contributed by atoms with E-state index in [0.717, 1.165) is 23.2 Å². The van der Waals surface area contributed by atoms with E-state index in [0.29, 0.717) is 23.9 Å². The number of pyridine rings is 1. The largest absolute Gasteiger partial charge is 0.478 e. The Morgan fingerprint density at radius 1 is 1.44 bits per heavy atom. The van der Waals surface area contributed by atoms with Crippen molar-refractivity contribution >= 4 is 16.9 Å². The van der Waals surface area contributed by atoms with Gasteiger partial charge in [0.25, 0.3) is 0 Å². The Kier molecular flexibility index (Phi) is 3.58. The third-order valence-electron chi connectivity index (χ3n) is 2.96. The SMILES string of the molecule is Cc1cccc2c(C(=O)O)cc(CCCN)nc12. The molecule has 0 unspecified atom stereocenters. The minimum Gasteiger partial charge on any atom is -0.478 e. The maximum Gasteiger partial charge on any atom is 0.336 e. The number of carboxylic acids is 1. The number of para-hydroxylation sites is 1. The molecular formula is C14H16N2O2. The van der Waals surface area contributed by atoms with Crippen LogP contribution in [0, 0.1) is 6.92 Å². The highest BCUT2D eigenvalue weighted by molar-refractivity contribution is 6.03. The molecule has 4 nitrogen and oxygen atoms in total. The van der Waals surface area contributed by atoms with Crippen LogP contribution >= 0.6 is 0 Å². The molecule has 3 N–H and O–H groups in total. The lowest BCUT2D eigenvalue weighted by molar-refractivity contribution is 0.0699. The predicted molar refractivity (Wildman–Crippen MR) is 70.8 cm³/mol. The quantitative estimate of drug-likeness (QED) is 0.863. The molecule has 0 fully saturated rings. The van der Waals surface area contributed by atoms with Gasteiger partial charge in [-0.15, -0.1) is 0 Å². The van der Waals surface area contributed by atoms with Gasteiger partial charge in [0.1, 0.15) is 0 Å². The second-order valence-electron chi connectivity index (χ2n) is 4.33. The van der Waals surface area contributed by atoms with Crippen molar-refractivity contribution in [3.05, 3.63) is 41.1 Å². The second kappa shape index (κ2) is 5.14. The minimum atomic E-state index is -0.915. The van der Waals surface area contributed by atoms with Crippen molar-refractivity contribution < 1.29 is 9.90 Å². The number of benzene rings is 1.